The molecule has 0 spiro atoms. The molecule has 0 fully saturated rings. The minimum absolute atomic E-state index is 0.659. The minimum Gasteiger partial charge on any atom is -0.457 e. The quantitative estimate of drug-likeness (QED) is 0.568. The van der Waals surface area contributed by atoms with Crippen LogP contribution in [0.1, 0.15) is 19.4 Å². The van der Waals surface area contributed by atoms with E-state index < -0.39 is 0 Å². The monoisotopic (exact) mass is 459 g/mol. The molecule has 0 heterocycles. The Hall–Kier alpha value is -0.590. The Kier molecular flexibility index (Phi) is 6.51. The van der Waals surface area contributed by atoms with Crippen LogP contribution in [0.15, 0.2) is 46.9 Å². The first kappa shape index (κ1) is 16.8. The van der Waals surface area contributed by atoms with Gasteiger partial charge in [-0.3, -0.25) is 0 Å². The predicted octanol–water partition coefficient (Wildman–Crippen LogP) is 5.59. The van der Waals surface area contributed by atoms with E-state index in [2.05, 4.69) is 63.8 Å². The lowest BCUT2D eigenvalue weighted by Gasteiger charge is -2.11. The fraction of sp³-hybridized carbons (Fsp3) is 0.294. The molecule has 21 heavy (non-hydrogen) atoms. The molecule has 0 unspecified atom stereocenters. The van der Waals surface area contributed by atoms with Gasteiger partial charge in [0.2, 0.25) is 0 Å². The summed E-state index contributed by atoms with van der Waals surface area (Å²) in [5.41, 5.74) is 1.24. The Labute approximate surface area is 148 Å². The van der Waals surface area contributed by atoms with Crippen molar-refractivity contribution in [3.8, 4) is 11.5 Å². The van der Waals surface area contributed by atoms with E-state index in [9.17, 15) is 0 Å². The lowest BCUT2D eigenvalue weighted by atomic mass is 10.2. The van der Waals surface area contributed by atoms with Crippen molar-refractivity contribution in [2.24, 2.45) is 5.92 Å². The fourth-order valence-corrected chi connectivity index (χ4v) is 2.73. The van der Waals surface area contributed by atoms with Gasteiger partial charge in [0.15, 0.2) is 0 Å². The van der Waals surface area contributed by atoms with Crippen molar-refractivity contribution < 1.29 is 4.74 Å². The van der Waals surface area contributed by atoms with Gasteiger partial charge in [-0.1, -0.05) is 35.8 Å². The summed E-state index contributed by atoms with van der Waals surface area (Å²) in [6.45, 7) is 6.30. The summed E-state index contributed by atoms with van der Waals surface area (Å²) in [6.07, 6.45) is 0. The molecule has 2 aromatic rings. The number of halogens is 2. The van der Waals surface area contributed by atoms with Crippen LogP contribution in [0.4, 0.5) is 0 Å². The molecule has 0 radical (unpaired) electrons. The van der Waals surface area contributed by atoms with Crippen LogP contribution < -0.4 is 10.1 Å². The number of hydrogen-bond donors (Lipinski definition) is 1. The number of benzene rings is 2. The summed E-state index contributed by atoms with van der Waals surface area (Å²) in [7, 11) is 0. The van der Waals surface area contributed by atoms with Gasteiger partial charge < -0.3 is 10.1 Å². The van der Waals surface area contributed by atoms with E-state index >= 15 is 0 Å². The van der Waals surface area contributed by atoms with E-state index in [0.29, 0.717) is 5.92 Å². The Morgan fingerprint density at radius 2 is 1.76 bits per heavy atom. The van der Waals surface area contributed by atoms with Gasteiger partial charge in [-0.25, -0.2) is 0 Å². The molecule has 0 bridgehead atoms. The first-order chi connectivity index (χ1) is 10.0. The number of hydrogen-bond acceptors (Lipinski definition) is 2. The highest BCUT2D eigenvalue weighted by atomic mass is 127. The smallest absolute Gasteiger partial charge is 0.128 e. The van der Waals surface area contributed by atoms with Gasteiger partial charge in [0.25, 0.3) is 0 Å². The molecule has 0 saturated carbocycles. The highest BCUT2D eigenvalue weighted by molar-refractivity contribution is 14.1. The van der Waals surface area contributed by atoms with Gasteiger partial charge in [0.05, 0.1) is 0 Å². The van der Waals surface area contributed by atoms with Crippen molar-refractivity contribution in [3.63, 3.8) is 0 Å². The highest BCUT2D eigenvalue weighted by Gasteiger charge is 2.04. The molecule has 0 aliphatic rings. The van der Waals surface area contributed by atoms with Crippen LogP contribution >= 0.6 is 38.5 Å². The molecule has 0 saturated heterocycles. The summed E-state index contributed by atoms with van der Waals surface area (Å²) in [5.74, 6) is 2.36. The van der Waals surface area contributed by atoms with Crippen LogP contribution in [0, 0.1) is 9.49 Å². The van der Waals surface area contributed by atoms with E-state index in [1.807, 2.05) is 36.4 Å². The average molecular weight is 460 g/mol. The molecule has 4 heteroatoms. The van der Waals surface area contributed by atoms with Gasteiger partial charge >= 0.3 is 0 Å². The van der Waals surface area contributed by atoms with Crippen molar-refractivity contribution in [3.05, 3.63) is 56.1 Å². The standard InChI is InChI=1S/C17H19BrINO/c1-12(2)10-20-11-13-3-6-16(9-17(13)18)21-15-7-4-14(19)5-8-15/h3-9,12,20H,10-11H2,1-2H3. The predicted molar refractivity (Wildman–Crippen MR) is 99.9 cm³/mol. The normalized spacial score (nSPS) is 10.9. The second-order valence-electron chi connectivity index (χ2n) is 5.33. The second-order valence-corrected chi connectivity index (χ2v) is 7.43. The zero-order valence-corrected chi connectivity index (χ0v) is 15.9. The van der Waals surface area contributed by atoms with Crippen molar-refractivity contribution in [1.29, 1.82) is 0 Å². The molecule has 0 aliphatic carbocycles. The number of ether oxygens (including phenoxy) is 1. The molecule has 0 atom stereocenters. The zero-order chi connectivity index (χ0) is 15.2. The molecule has 112 valence electrons. The third-order valence-corrected chi connectivity index (χ3v) is 4.40. The SMILES string of the molecule is CC(C)CNCc1ccc(Oc2ccc(I)cc2)cc1Br. The van der Waals surface area contributed by atoms with Crippen molar-refractivity contribution in [2.45, 2.75) is 20.4 Å². The van der Waals surface area contributed by atoms with Gasteiger partial charge in [0.1, 0.15) is 11.5 Å². The fourth-order valence-electron chi connectivity index (χ4n) is 1.87. The van der Waals surface area contributed by atoms with Crippen LogP contribution in [0.25, 0.3) is 0 Å². The van der Waals surface area contributed by atoms with E-state index in [1.54, 1.807) is 0 Å². The maximum Gasteiger partial charge on any atom is 0.128 e. The Morgan fingerprint density at radius 3 is 2.38 bits per heavy atom. The van der Waals surface area contributed by atoms with Gasteiger partial charge in [-0.05, 0) is 77.0 Å². The third kappa shape index (κ3) is 5.60. The van der Waals surface area contributed by atoms with Crippen molar-refractivity contribution in [1.82, 2.24) is 5.32 Å². The summed E-state index contributed by atoms with van der Waals surface area (Å²) in [6, 6.07) is 14.2. The summed E-state index contributed by atoms with van der Waals surface area (Å²) in [4.78, 5) is 0. The van der Waals surface area contributed by atoms with Crippen LogP contribution in [0.5, 0.6) is 11.5 Å². The maximum atomic E-state index is 5.86. The lowest BCUT2D eigenvalue weighted by molar-refractivity contribution is 0.481. The third-order valence-electron chi connectivity index (χ3n) is 2.94. The largest absolute Gasteiger partial charge is 0.457 e. The summed E-state index contributed by atoms with van der Waals surface area (Å²) >= 11 is 5.90. The Morgan fingerprint density at radius 1 is 1.10 bits per heavy atom. The molecule has 2 rings (SSSR count). The summed E-state index contributed by atoms with van der Waals surface area (Å²) in [5, 5.41) is 3.45. The Bertz CT molecular complexity index is 584. The van der Waals surface area contributed by atoms with E-state index in [-0.39, 0.29) is 0 Å². The molecule has 2 aromatic carbocycles. The van der Waals surface area contributed by atoms with E-state index in [4.69, 9.17) is 4.74 Å². The molecule has 0 aliphatic heterocycles. The molecule has 0 aromatic heterocycles. The van der Waals surface area contributed by atoms with Crippen LogP contribution in [0.3, 0.4) is 0 Å². The first-order valence-electron chi connectivity index (χ1n) is 6.97. The van der Waals surface area contributed by atoms with E-state index in [0.717, 1.165) is 29.1 Å². The van der Waals surface area contributed by atoms with Crippen LogP contribution in [-0.4, -0.2) is 6.54 Å². The topological polar surface area (TPSA) is 21.3 Å². The zero-order valence-electron chi connectivity index (χ0n) is 12.2. The Balaban J connectivity index is 1.99. The first-order valence-corrected chi connectivity index (χ1v) is 8.84. The van der Waals surface area contributed by atoms with Crippen molar-refractivity contribution >= 4 is 38.5 Å². The number of rotatable bonds is 6. The number of nitrogens with one attached hydrogen (secondary N) is 1. The summed E-state index contributed by atoms with van der Waals surface area (Å²) < 4.78 is 8.13. The second kappa shape index (κ2) is 8.15. The van der Waals surface area contributed by atoms with Crippen LogP contribution in [0.2, 0.25) is 0 Å². The molecule has 1 N–H and O–H groups in total. The van der Waals surface area contributed by atoms with Gasteiger partial charge in [0, 0.05) is 14.6 Å². The van der Waals surface area contributed by atoms with Crippen molar-refractivity contribution in [2.75, 3.05) is 6.54 Å². The highest BCUT2D eigenvalue weighted by Crippen LogP contribution is 2.27. The maximum absolute atomic E-state index is 5.86. The molecular formula is C17H19BrINO. The lowest BCUT2D eigenvalue weighted by Crippen LogP contribution is -2.19. The van der Waals surface area contributed by atoms with Crippen LogP contribution in [-0.2, 0) is 6.54 Å². The molecule has 2 nitrogen and oxygen atoms in total. The minimum atomic E-state index is 0.659. The molecular weight excluding hydrogens is 441 g/mol. The average Bonchev–Trinajstić information content (AvgIpc) is 2.43. The van der Waals surface area contributed by atoms with Gasteiger partial charge in [-0.15, -0.1) is 0 Å². The van der Waals surface area contributed by atoms with E-state index in [1.165, 1.54) is 9.13 Å². The van der Waals surface area contributed by atoms with Gasteiger partial charge in [-0.2, -0.15) is 0 Å². The molecule has 0 amide bonds.